The second-order valence-electron chi connectivity index (χ2n) is 3.14. The zero-order chi connectivity index (χ0) is 7.56. The van der Waals surface area contributed by atoms with Crippen molar-refractivity contribution in [2.75, 3.05) is 0 Å². The Hall–Kier alpha value is -0.590. The second kappa shape index (κ2) is 3.00. The van der Waals surface area contributed by atoms with Gasteiger partial charge in [0.05, 0.1) is 0 Å². The van der Waals surface area contributed by atoms with Crippen molar-refractivity contribution < 1.29 is 4.79 Å². The molecule has 0 aromatic rings. The van der Waals surface area contributed by atoms with Crippen LogP contribution in [0.3, 0.4) is 0 Å². The summed E-state index contributed by atoms with van der Waals surface area (Å²) in [5, 5.41) is 0. The van der Waals surface area contributed by atoms with Gasteiger partial charge >= 0.3 is 0 Å². The molecule has 2 unspecified atom stereocenters. The van der Waals surface area contributed by atoms with E-state index in [1.807, 2.05) is 13.0 Å². The van der Waals surface area contributed by atoms with Gasteiger partial charge in [0.25, 0.3) is 0 Å². The van der Waals surface area contributed by atoms with Gasteiger partial charge in [-0.15, -0.1) is 6.58 Å². The molecular formula is C9H14O. The van der Waals surface area contributed by atoms with E-state index in [2.05, 4.69) is 6.58 Å². The summed E-state index contributed by atoms with van der Waals surface area (Å²) in [6.45, 7) is 5.71. The van der Waals surface area contributed by atoms with Crippen LogP contribution in [0.15, 0.2) is 12.7 Å². The molecule has 0 saturated heterocycles. The van der Waals surface area contributed by atoms with E-state index in [-0.39, 0.29) is 0 Å². The number of hydrogen-bond donors (Lipinski definition) is 0. The monoisotopic (exact) mass is 138 g/mol. The first-order valence-electron chi connectivity index (χ1n) is 3.89. The van der Waals surface area contributed by atoms with Crippen molar-refractivity contribution in [3.63, 3.8) is 0 Å². The molecule has 1 nitrogen and oxygen atoms in total. The fourth-order valence-corrected chi connectivity index (χ4v) is 1.39. The fourth-order valence-electron chi connectivity index (χ4n) is 1.39. The van der Waals surface area contributed by atoms with Gasteiger partial charge in [0.1, 0.15) is 5.78 Å². The van der Waals surface area contributed by atoms with E-state index in [1.165, 1.54) is 0 Å². The van der Waals surface area contributed by atoms with Gasteiger partial charge < -0.3 is 0 Å². The van der Waals surface area contributed by atoms with E-state index in [0.29, 0.717) is 17.6 Å². The Morgan fingerprint density at radius 3 is 2.80 bits per heavy atom. The minimum absolute atomic E-state index is 0.302. The van der Waals surface area contributed by atoms with E-state index < -0.39 is 0 Å². The maximum absolute atomic E-state index is 11.1. The van der Waals surface area contributed by atoms with Crippen LogP contribution < -0.4 is 0 Å². The van der Waals surface area contributed by atoms with E-state index >= 15 is 0 Å². The first-order valence-corrected chi connectivity index (χ1v) is 3.89. The van der Waals surface area contributed by atoms with Crippen molar-refractivity contribution in [2.45, 2.75) is 26.2 Å². The van der Waals surface area contributed by atoms with Crippen molar-refractivity contribution in [1.29, 1.82) is 0 Å². The standard InChI is InChI=1S/C9H14O/c1-3-8-5-4-7(2)9(10)6-8/h3,7-8H,1,4-6H2,2H3. The van der Waals surface area contributed by atoms with Crippen molar-refractivity contribution in [2.24, 2.45) is 11.8 Å². The number of rotatable bonds is 1. The molecule has 56 valence electrons. The highest BCUT2D eigenvalue weighted by molar-refractivity contribution is 5.81. The summed E-state index contributed by atoms with van der Waals surface area (Å²) in [6, 6.07) is 0. The lowest BCUT2D eigenvalue weighted by Gasteiger charge is -2.21. The average Bonchev–Trinajstić information content (AvgIpc) is 1.95. The molecule has 0 heterocycles. The summed E-state index contributed by atoms with van der Waals surface area (Å²) < 4.78 is 0. The van der Waals surface area contributed by atoms with Gasteiger partial charge in [0, 0.05) is 12.3 Å². The number of hydrogen-bond acceptors (Lipinski definition) is 1. The van der Waals surface area contributed by atoms with Crippen molar-refractivity contribution in [3.05, 3.63) is 12.7 Å². The van der Waals surface area contributed by atoms with Crippen LogP contribution in [0.5, 0.6) is 0 Å². The molecule has 1 aliphatic rings. The highest BCUT2D eigenvalue weighted by Crippen LogP contribution is 2.25. The summed E-state index contributed by atoms with van der Waals surface area (Å²) in [5.74, 6) is 1.18. The van der Waals surface area contributed by atoms with E-state index in [0.717, 1.165) is 19.3 Å². The lowest BCUT2D eigenvalue weighted by Crippen LogP contribution is -2.21. The van der Waals surface area contributed by atoms with Gasteiger partial charge in [-0.1, -0.05) is 13.0 Å². The molecule has 1 aliphatic carbocycles. The first kappa shape index (κ1) is 7.52. The van der Waals surface area contributed by atoms with E-state index in [4.69, 9.17) is 0 Å². The molecule has 10 heavy (non-hydrogen) atoms. The Labute approximate surface area is 62.1 Å². The van der Waals surface area contributed by atoms with E-state index in [1.54, 1.807) is 0 Å². The first-order chi connectivity index (χ1) is 4.74. The van der Waals surface area contributed by atoms with Crippen LogP contribution in [-0.4, -0.2) is 5.78 Å². The summed E-state index contributed by atoms with van der Waals surface area (Å²) in [5.41, 5.74) is 0. The zero-order valence-corrected chi connectivity index (χ0v) is 6.47. The molecule has 0 spiro atoms. The maximum atomic E-state index is 11.1. The maximum Gasteiger partial charge on any atom is 0.136 e. The summed E-state index contributed by atoms with van der Waals surface area (Å²) in [7, 11) is 0. The molecule has 0 radical (unpaired) electrons. The summed E-state index contributed by atoms with van der Waals surface area (Å²) >= 11 is 0. The molecule has 0 aromatic carbocycles. The molecule has 1 saturated carbocycles. The van der Waals surface area contributed by atoms with Crippen molar-refractivity contribution in [1.82, 2.24) is 0 Å². The molecule has 0 bridgehead atoms. The number of Topliss-reactive ketones (excluding diaryl/α,β-unsaturated/α-hetero) is 1. The topological polar surface area (TPSA) is 17.1 Å². The fraction of sp³-hybridized carbons (Fsp3) is 0.667. The predicted octanol–water partition coefficient (Wildman–Crippen LogP) is 2.18. The molecule has 1 heteroatoms. The largest absolute Gasteiger partial charge is 0.299 e. The molecule has 1 rings (SSSR count). The molecular weight excluding hydrogens is 124 g/mol. The van der Waals surface area contributed by atoms with Crippen LogP contribution in [0.1, 0.15) is 26.2 Å². The second-order valence-corrected chi connectivity index (χ2v) is 3.14. The molecule has 0 amide bonds. The lowest BCUT2D eigenvalue weighted by atomic mass is 9.82. The third-order valence-electron chi connectivity index (χ3n) is 2.32. The van der Waals surface area contributed by atoms with Gasteiger partial charge in [-0.3, -0.25) is 4.79 Å². The molecule has 0 aliphatic heterocycles. The molecule has 1 fully saturated rings. The van der Waals surface area contributed by atoms with Crippen LogP contribution in [0.4, 0.5) is 0 Å². The lowest BCUT2D eigenvalue weighted by molar-refractivity contribution is -0.124. The summed E-state index contributed by atoms with van der Waals surface area (Å²) in [6.07, 6.45) is 4.83. The Kier molecular flexibility index (Phi) is 2.25. The summed E-state index contributed by atoms with van der Waals surface area (Å²) in [4.78, 5) is 11.1. The van der Waals surface area contributed by atoms with Crippen LogP contribution >= 0.6 is 0 Å². The van der Waals surface area contributed by atoms with Gasteiger partial charge in [-0.2, -0.15) is 0 Å². The SMILES string of the molecule is C=CC1CCC(C)C(=O)C1. The Bertz CT molecular complexity index is 149. The van der Waals surface area contributed by atoms with Gasteiger partial charge in [-0.05, 0) is 18.8 Å². The quantitative estimate of drug-likeness (QED) is 0.507. The van der Waals surface area contributed by atoms with Crippen LogP contribution in [0.2, 0.25) is 0 Å². The Balaban J connectivity index is 2.48. The highest BCUT2D eigenvalue weighted by atomic mass is 16.1. The van der Waals surface area contributed by atoms with Gasteiger partial charge in [0.2, 0.25) is 0 Å². The number of ketones is 1. The van der Waals surface area contributed by atoms with E-state index in [9.17, 15) is 4.79 Å². The third-order valence-corrected chi connectivity index (χ3v) is 2.32. The Morgan fingerprint density at radius 1 is 1.60 bits per heavy atom. The number of allylic oxidation sites excluding steroid dienone is 1. The smallest absolute Gasteiger partial charge is 0.136 e. The van der Waals surface area contributed by atoms with Crippen LogP contribution in [0, 0.1) is 11.8 Å². The molecule has 2 atom stereocenters. The van der Waals surface area contributed by atoms with Crippen molar-refractivity contribution >= 4 is 5.78 Å². The average molecular weight is 138 g/mol. The van der Waals surface area contributed by atoms with Crippen LogP contribution in [-0.2, 0) is 4.79 Å². The van der Waals surface area contributed by atoms with Crippen LogP contribution in [0.25, 0.3) is 0 Å². The minimum atomic E-state index is 0.302. The normalized spacial score (nSPS) is 33.9. The zero-order valence-electron chi connectivity index (χ0n) is 6.47. The highest BCUT2D eigenvalue weighted by Gasteiger charge is 2.22. The van der Waals surface area contributed by atoms with Gasteiger partial charge in [0.15, 0.2) is 0 Å². The van der Waals surface area contributed by atoms with Crippen molar-refractivity contribution in [3.8, 4) is 0 Å². The van der Waals surface area contributed by atoms with Gasteiger partial charge in [-0.25, -0.2) is 0 Å². The number of carbonyl (C=O) groups excluding carboxylic acids is 1. The molecule has 0 aromatic heterocycles. The predicted molar refractivity (Wildman–Crippen MR) is 41.7 cm³/mol. The number of carbonyl (C=O) groups is 1. The Morgan fingerprint density at radius 2 is 2.30 bits per heavy atom. The molecule has 0 N–H and O–H groups in total. The minimum Gasteiger partial charge on any atom is -0.299 e. The third kappa shape index (κ3) is 1.47.